The lowest BCUT2D eigenvalue weighted by atomic mass is 9.40. The first-order valence-electron chi connectivity index (χ1n) is 9.81. The van der Waals surface area contributed by atoms with Crippen LogP contribution in [0.2, 0.25) is 0 Å². The van der Waals surface area contributed by atoms with E-state index in [4.69, 9.17) is 4.74 Å². The van der Waals surface area contributed by atoms with Crippen LogP contribution in [0.25, 0.3) is 0 Å². The predicted molar refractivity (Wildman–Crippen MR) is 94.7 cm³/mol. The van der Waals surface area contributed by atoms with Crippen LogP contribution in [-0.4, -0.2) is 35.0 Å². The average Bonchev–Trinajstić information content (AvgIpc) is 2.75. The normalized spacial score (nSPS) is 54.3. The fourth-order valence-electron chi connectivity index (χ4n) is 7.56. The van der Waals surface area contributed by atoms with Crippen LogP contribution >= 0.6 is 0 Å². The molecule has 4 aliphatic rings. The highest BCUT2D eigenvalue weighted by atomic mass is 16.5. The minimum Gasteiger partial charge on any atom is -0.469 e. The Kier molecular flexibility index (Phi) is 3.58. The molecule has 25 heavy (non-hydrogen) atoms. The Morgan fingerprint density at radius 3 is 2.64 bits per heavy atom. The number of ether oxygens (including phenoxy) is 1. The first-order chi connectivity index (χ1) is 11.6. The van der Waals surface area contributed by atoms with E-state index in [1.54, 1.807) is 0 Å². The van der Waals surface area contributed by atoms with Gasteiger partial charge in [0.15, 0.2) is 0 Å². The number of aliphatic hydroxyl groups is 2. The summed E-state index contributed by atoms with van der Waals surface area (Å²) in [5.41, 5.74) is -0.543. The molecule has 4 heteroatoms. The van der Waals surface area contributed by atoms with Crippen LogP contribution in [0.1, 0.15) is 65.7 Å². The van der Waals surface area contributed by atoms with Gasteiger partial charge in [0.2, 0.25) is 0 Å². The first kappa shape index (κ1) is 17.5. The summed E-state index contributed by atoms with van der Waals surface area (Å²) in [6, 6.07) is 0. The van der Waals surface area contributed by atoms with Crippen molar-refractivity contribution in [2.24, 2.45) is 28.1 Å². The predicted octanol–water partition coefficient (Wildman–Crippen LogP) is 3.21. The minimum atomic E-state index is -0.735. The van der Waals surface area contributed by atoms with Crippen molar-refractivity contribution < 1.29 is 19.7 Å². The zero-order valence-corrected chi connectivity index (χ0v) is 16.0. The molecule has 0 heterocycles. The Morgan fingerprint density at radius 2 is 1.96 bits per heavy atom. The number of carbonyl (C=O) groups is 1. The van der Waals surface area contributed by atoms with Gasteiger partial charge in [0.25, 0.3) is 0 Å². The molecule has 3 saturated carbocycles. The smallest absolute Gasteiger partial charge is 0.311 e. The number of esters is 1. The van der Waals surface area contributed by atoms with Crippen LogP contribution in [0.15, 0.2) is 11.6 Å². The third-order valence-corrected chi connectivity index (χ3v) is 8.82. The number of methoxy groups -OCH3 is 1. The van der Waals surface area contributed by atoms with Crippen molar-refractivity contribution in [1.82, 2.24) is 0 Å². The van der Waals surface area contributed by atoms with Crippen LogP contribution in [-0.2, 0) is 9.53 Å². The molecular formula is C21H32O4. The summed E-state index contributed by atoms with van der Waals surface area (Å²) in [7, 11) is 1.48. The highest BCUT2D eigenvalue weighted by molar-refractivity contribution is 5.77. The number of hydrogen-bond donors (Lipinski definition) is 2. The molecule has 1 spiro atoms. The highest BCUT2D eigenvalue weighted by Crippen LogP contribution is 2.71. The molecular weight excluding hydrogens is 316 g/mol. The molecule has 2 bridgehead atoms. The second-order valence-corrected chi connectivity index (χ2v) is 9.81. The lowest BCUT2D eigenvalue weighted by molar-refractivity contribution is -0.210. The molecule has 3 fully saturated rings. The van der Waals surface area contributed by atoms with E-state index in [9.17, 15) is 15.0 Å². The Labute approximate surface area is 150 Å². The van der Waals surface area contributed by atoms with E-state index in [1.165, 1.54) is 7.11 Å². The van der Waals surface area contributed by atoms with E-state index in [1.807, 2.05) is 13.8 Å². The van der Waals surface area contributed by atoms with Crippen molar-refractivity contribution in [2.45, 2.75) is 77.4 Å². The second kappa shape index (κ2) is 5.10. The van der Waals surface area contributed by atoms with Crippen LogP contribution in [0.5, 0.6) is 0 Å². The van der Waals surface area contributed by atoms with Crippen molar-refractivity contribution in [1.29, 1.82) is 0 Å². The van der Waals surface area contributed by atoms with Gasteiger partial charge >= 0.3 is 5.97 Å². The van der Waals surface area contributed by atoms with Crippen molar-refractivity contribution >= 4 is 5.97 Å². The van der Waals surface area contributed by atoms with Crippen molar-refractivity contribution in [2.75, 3.05) is 7.11 Å². The van der Waals surface area contributed by atoms with Crippen molar-refractivity contribution in [3.05, 3.63) is 11.6 Å². The van der Waals surface area contributed by atoms with Crippen LogP contribution in [0.3, 0.4) is 0 Å². The molecule has 0 aromatic rings. The Hall–Kier alpha value is -0.870. The van der Waals surface area contributed by atoms with Gasteiger partial charge in [0, 0.05) is 5.41 Å². The molecule has 4 aliphatic carbocycles. The number of hydrogen-bond acceptors (Lipinski definition) is 4. The third-order valence-electron chi connectivity index (χ3n) is 8.82. The Morgan fingerprint density at radius 1 is 1.24 bits per heavy atom. The largest absolute Gasteiger partial charge is 0.469 e. The van der Waals surface area contributed by atoms with Gasteiger partial charge in [-0.3, -0.25) is 4.79 Å². The quantitative estimate of drug-likeness (QED) is 0.564. The van der Waals surface area contributed by atoms with E-state index in [0.29, 0.717) is 18.8 Å². The summed E-state index contributed by atoms with van der Waals surface area (Å²) < 4.78 is 5.18. The van der Waals surface area contributed by atoms with E-state index in [0.717, 1.165) is 37.7 Å². The zero-order chi connectivity index (χ0) is 18.3. The van der Waals surface area contributed by atoms with Gasteiger partial charge in [-0.2, -0.15) is 0 Å². The summed E-state index contributed by atoms with van der Waals surface area (Å²) in [6.45, 7) is 6.39. The molecule has 0 aromatic heterocycles. The van der Waals surface area contributed by atoms with E-state index >= 15 is 0 Å². The van der Waals surface area contributed by atoms with Gasteiger partial charge < -0.3 is 14.9 Å². The number of fused-ring (bicyclic) bond motifs is 3. The number of rotatable bonds is 1. The topological polar surface area (TPSA) is 66.8 Å². The molecule has 0 unspecified atom stereocenters. The molecule has 4 rings (SSSR count). The average molecular weight is 348 g/mol. The van der Waals surface area contributed by atoms with Gasteiger partial charge in [0.05, 0.1) is 24.2 Å². The Balaban J connectivity index is 1.80. The third kappa shape index (κ3) is 1.98. The molecule has 2 N–H and O–H groups in total. The monoisotopic (exact) mass is 348 g/mol. The summed E-state index contributed by atoms with van der Waals surface area (Å²) in [5.74, 6) is 0.320. The first-order valence-corrected chi connectivity index (χ1v) is 9.81. The van der Waals surface area contributed by atoms with E-state index < -0.39 is 17.1 Å². The fraction of sp³-hybridized carbons (Fsp3) is 0.857. The van der Waals surface area contributed by atoms with Gasteiger partial charge in [0.1, 0.15) is 0 Å². The summed E-state index contributed by atoms with van der Waals surface area (Å²) in [5, 5.41) is 22.2. The summed E-state index contributed by atoms with van der Waals surface area (Å²) >= 11 is 0. The minimum absolute atomic E-state index is 0.00285. The molecule has 0 saturated heterocycles. The van der Waals surface area contributed by atoms with Crippen LogP contribution in [0, 0.1) is 28.1 Å². The molecule has 0 radical (unpaired) electrons. The molecule has 0 aromatic carbocycles. The molecule has 140 valence electrons. The highest BCUT2D eigenvalue weighted by Gasteiger charge is 2.69. The summed E-state index contributed by atoms with van der Waals surface area (Å²) in [4.78, 5) is 12.7. The lowest BCUT2D eigenvalue weighted by Crippen LogP contribution is -2.63. The SMILES string of the molecule is COC(=O)[C@]1(C)CCC[C@@]2(C)[C@@H]3CC[C@]4(O)C[C@]3(C=C4C)[C@@H](O)C[C@@H]21. The lowest BCUT2D eigenvalue weighted by Gasteiger charge is -2.65. The van der Waals surface area contributed by atoms with Gasteiger partial charge in [-0.05, 0) is 75.2 Å². The van der Waals surface area contributed by atoms with Gasteiger partial charge in [-0.15, -0.1) is 0 Å². The maximum Gasteiger partial charge on any atom is 0.311 e. The molecule has 0 amide bonds. The molecule has 4 nitrogen and oxygen atoms in total. The van der Waals surface area contributed by atoms with E-state index in [2.05, 4.69) is 13.0 Å². The van der Waals surface area contributed by atoms with Crippen molar-refractivity contribution in [3.63, 3.8) is 0 Å². The van der Waals surface area contributed by atoms with Crippen LogP contribution in [0.4, 0.5) is 0 Å². The molecule has 0 aliphatic heterocycles. The standard InChI is InChI=1S/C21H32O4/c1-13-11-20-12-21(13,24)9-6-14(20)18(2)7-5-8-19(3,17(23)25-4)15(18)10-16(20)22/h11,14-16,22,24H,5-10,12H2,1-4H3/t14-,15-,16-,18-,19+,20-,21-/m0/s1. The molecule has 7 atom stereocenters. The number of aliphatic hydroxyl groups excluding tert-OH is 1. The maximum absolute atomic E-state index is 12.7. The fourth-order valence-corrected chi connectivity index (χ4v) is 7.56. The summed E-state index contributed by atoms with van der Waals surface area (Å²) in [6.07, 6.45) is 7.61. The van der Waals surface area contributed by atoms with Crippen LogP contribution < -0.4 is 0 Å². The maximum atomic E-state index is 12.7. The van der Waals surface area contributed by atoms with Gasteiger partial charge in [-0.25, -0.2) is 0 Å². The zero-order valence-electron chi connectivity index (χ0n) is 16.0. The van der Waals surface area contributed by atoms with Crippen molar-refractivity contribution in [3.8, 4) is 0 Å². The van der Waals surface area contributed by atoms with Gasteiger partial charge in [-0.1, -0.05) is 19.4 Å². The van der Waals surface area contributed by atoms with E-state index in [-0.39, 0.29) is 22.7 Å². The second-order valence-electron chi connectivity index (χ2n) is 9.81. The number of carbonyl (C=O) groups excluding carboxylic acids is 1. The Bertz CT molecular complexity index is 642.